The predicted molar refractivity (Wildman–Crippen MR) is 118 cm³/mol. The molecule has 2 rings (SSSR count). The molecule has 2 aromatic carbocycles. The summed E-state index contributed by atoms with van der Waals surface area (Å²) < 4.78 is 0. The van der Waals surface area contributed by atoms with Gasteiger partial charge in [-0.05, 0) is 37.1 Å². The van der Waals surface area contributed by atoms with E-state index in [9.17, 15) is 0 Å². The van der Waals surface area contributed by atoms with Gasteiger partial charge in [0.05, 0.1) is 39.3 Å². The zero-order chi connectivity index (χ0) is 19.2. The molecular formula is C25H36N2+2. The van der Waals surface area contributed by atoms with Crippen molar-refractivity contribution in [3.63, 3.8) is 0 Å². The van der Waals surface area contributed by atoms with Gasteiger partial charge in [0.15, 0.2) is 0 Å². The van der Waals surface area contributed by atoms with Crippen LogP contribution in [-0.2, 0) is 0 Å². The van der Waals surface area contributed by atoms with Crippen LogP contribution in [0.15, 0.2) is 72.8 Å². The van der Waals surface area contributed by atoms with Gasteiger partial charge in [-0.3, -0.25) is 0 Å². The van der Waals surface area contributed by atoms with Crippen molar-refractivity contribution in [1.29, 1.82) is 0 Å². The summed E-state index contributed by atoms with van der Waals surface area (Å²) in [6.45, 7) is 11.7. The third-order valence-corrected chi connectivity index (χ3v) is 5.09. The van der Waals surface area contributed by atoms with Gasteiger partial charge in [0.25, 0.3) is 0 Å². The first-order chi connectivity index (χ1) is 13.3. The first-order valence-electron chi connectivity index (χ1n) is 10.4. The SMILES string of the molecule is CC[NH+](CC)CCC[NH+](C/C=C/c1ccccc1)C/C=C/c1ccccc1. The number of benzene rings is 2. The molecule has 0 atom stereocenters. The molecule has 144 valence electrons. The Balaban J connectivity index is 1.88. The monoisotopic (exact) mass is 364 g/mol. The average Bonchev–Trinajstić information content (AvgIpc) is 2.72. The van der Waals surface area contributed by atoms with Crippen LogP contribution in [0.3, 0.4) is 0 Å². The van der Waals surface area contributed by atoms with Gasteiger partial charge >= 0.3 is 0 Å². The number of quaternary nitrogens is 2. The van der Waals surface area contributed by atoms with E-state index in [4.69, 9.17) is 0 Å². The summed E-state index contributed by atoms with van der Waals surface area (Å²) in [6, 6.07) is 21.2. The first kappa shape index (κ1) is 21.1. The molecule has 2 heteroatoms. The molecule has 0 heterocycles. The molecule has 2 nitrogen and oxygen atoms in total. The average molecular weight is 365 g/mol. The van der Waals surface area contributed by atoms with E-state index in [1.165, 1.54) is 43.7 Å². The lowest BCUT2D eigenvalue weighted by atomic mass is 10.2. The van der Waals surface area contributed by atoms with Crippen molar-refractivity contribution in [2.75, 3.05) is 39.3 Å². The minimum absolute atomic E-state index is 1.07. The third kappa shape index (κ3) is 8.85. The van der Waals surface area contributed by atoms with Crippen LogP contribution >= 0.6 is 0 Å². The molecule has 0 saturated carbocycles. The fourth-order valence-corrected chi connectivity index (χ4v) is 3.33. The summed E-state index contributed by atoms with van der Waals surface area (Å²) >= 11 is 0. The van der Waals surface area contributed by atoms with E-state index in [0.29, 0.717) is 0 Å². The van der Waals surface area contributed by atoms with E-state index in [-0.39, 0.29) is 0 Å². The lowest BCUT2D eigenvalue weighted by Gasteiger charge is -2.19. The predicted octanol–water partition coefficient (Wildman–Crippen LogP) is 2.61. The lowest BCUT2D eigenvalue weighted by Crippen LogP contribution is -3.14. The minimum atomic E-state index is 1.07. The van der Waals surface area contributed by atoms with Crippen LogP contribution in [0.25, 0.3) is 12.2 Å². The number of hydrogen-bond acceptors (Lipinski definition) is 0. The Kier molecular flexibility index (Phi) is 10.2. The van der Waals surface area contributed by atoms with Crippen molar-refractivity contribution in [3.8, 4) is 0 Å². The Labute approximate surface area is 165 Å². The summed E-state index contributed by atoms with van der Waals surface area (Å²) in [5.74, 6) is 0. The van der Waals surface area contributed by atoms with E-state index >= 15 is 0 Å². The van der Waals surface area contributed by atoms with Gasteiger partial charge in [0.1, 0.15) is 0 Å². The zero-order valence-electron chi connectivity index (χ0n) is 17.0. The second-order valence-corrected chi connectivity index (χ2v) is 7.10. The molecule has 0 aliphatic carbocycles. The summed E-state index contributed by atoms with van der Waals surface area (Å²) in [5.41, 5.74) is 2.56. The molecule has 0 amide bonds. The van der Waals surface area contributed by atoms with Crippen LogP contribution in [-0.4, -0.2) is 39.3 Å². The number of hydrogen-bond donors (Lipinski definition) is 2. The zero-order valence-corrected chi connectivity index (χ0v) is 17.0. The Morgan fingerprint density at radius 3 is 1.52 bits per heavy atom. The van der Waals surface area contributed by atoms with E-state index in [1.807, 2.05) is 0 Å². The number of nitrogens with one attached hydrogen (secondary N) is 2. The van der Waals surface area contributed by atoms with Gasteiger partial charge in [0.2, 0.25) is 0 Å². The Hall–Kier alpha value is -2.16. The smallest absolute Gasteiger partial charge is 0.0963 e. The van der Waals surface area contributed by atoms with Crippen LogP contribution in [0.2, 0.25) is 0 Å². The summed E-state index contributed by atoms with van der Waals surface area (Å²) in [7, 11) is 0. The summed E-state index contributed by atoms with van der Waals surface area (Å²) in [6.07, 6.45) is 10.4. The topological polar surface area (TPSA) is 8.88 Å². The van der Waals surface area contributed by atoms with Gasteiger partial charge in [-0.25, -0.2) is 0 Å². The quantitative estimate of drug-likeness (QED) is 0.573. The summed E-state index contributed by atoms with van der Waals surface area (Å²) in [5, 5.41) is 0. The maximum atomic E-state index is 2.32. The van der Waals surface area contributed by atoms with Gasteiger partial charge in [0, 0.05) is 6.42 Å². The molecule has 27 heavy (non-hydrogen) atoms. The van der Waals surface area contributed by atoms with Crippen molar-refractivity contribution >= 4 is 12.2 Å². The molecule has 0 spiro atoms. The standard InChI is InChI=1S/C25H34N2/c1-3-26(4-2)22-13-23-27(20-11-18-24-14-7-5-8-15-24)21-12-19-25-16-9-6-10-17-25/h5-12,14-19H,3-4,13,20-23H2,1-2H3/p+2/b18-11+,19-12+. The second kappa shape index (κ2) is 13.1. The highest BCUT2D eigenvalue weighted by atomic mass is 15.1. The molecule has 0 aromatic heterocycles. The molecular weight excluding hydrogens is 328 g/mol. The fourth-order valence-electron chi connectivity index (χ4n) is 3.33. The van der Waals surface area contributed by atoms with Crippen molar-refractivity contribution in [2.45, 2.75) is 20.3 Å². The lowest BCUT2D eigenvalue weighted by molar-refractivity contribution is -0.912. The largest absolute Gasteiger partial charge is 0.335 e. The molecule has 0 aliphatic heterocycles. The second-order valence-electron chi connectivity index (χ2n) is 7.10. The Morgan fingerprint density at radius 2 is 1.07 bits per heavy atom. The highest BCUT2D eigenvalue weighted by Gasteiger charge is 2.08. The molecule has 0 aliphatic rings. The maximum absolute atomic E-state index is 2.32. The molecule has 2 N–H and O–H groups in total. The van der Waals surface area contributed by atoms with E-state index < -0.39 is 0 Å². The van der Waals surface area contributed by atoms with Gasteiger partial charge < -0.3 is 9.80 Å². The molecule has 2 aromatic rings. The minimum Gasteiger partial charge on any atom is -0.335 e. The molecule has 0 radical (unpaired) electrons. The molecule has 0 bridgehead atoms. The van der Waals surface area contributed by atoms with Gasteiger partial charge in [-0.2, -0.15) is 0 Å². The van der Waals surface area contributed by atoms with Crippen LogP contribution in [0, 0.1) is 0 Å². The van der Waals surface area contributed by atoms with Crippen molar-refractivity contribution in [3.05, 3.63) is 83.9 Å². The molecule has 0 fully saturated rings. The van der Waals surface area contributed by atoms with Crippen molar-refractivity contribution < 1.29 is 9.80 Å². The first-order valence-corrected chi connectivity index (χ1v) is 10.4. The van der Waals surface area contributed by atoms with Crippen LogP contribution in [0.5, 0.6) is 0 Å². The van der Waals surface area contributed by atoms with Gasteiger partial charge in [-0.15, -0.1) is 0 Å². The normalized spacial score (nSPS) is 12.0. The molecule has 0 saturated heterocycles. The van der Waals surface area contributed by atoms with Crippen LogP contribution in [0.1, 0.15) is 31.4 Å². The van der Waals surface area contributed by atoms with Crippen molar-refractivity contribution in [2.24, 2.45) is 0 Å². The van der Waals surface area contributed by atoms with E-state index in [2.05, 4.69) is 98.8 Å². The molecule has 0 unspecified atom stereocenters. The van der Waals surface area contributed by atoms with Gasteiger partial charge in [-0.1, -0.05) is 72.8 Å². The van der Waals surface area contributed by atoms with E-state index in [0.717, 1.165) is 13.1 Å². The van der Waals surface area contributed by atoms with Crippen LogP contribution < -0.4 is 9.80 Å². The van der Waals surface area contributed by atoms with Crippen molar-refractivity contribution in [1.82, 2.24) is 0 Å². The fraction of sp³-hybridized carbons (Fsp3) is 0.360. The highest BCUT2D eigenvalue weighted by Crippen LogP contribution is 2.00. The number of rotatable bonds is 12. The summed E-state index contributed by atoms with van der Waals surface area (Å²) in [4.78, 5) is 3.33. The highest BCUT2D eigenvalue weighted by molar-refractivity contribution is 5.49. The maximum Gasteiger partial charge on any atom is 0.0963 e. The Bertz CT molecular complexity index is 606. The van der Waals surface area contributed by atoms with E-state index in [1.54, 1.807) is 9.80 Å². The van der Waals surface area contributed by atoms with Crippen LogP contribution in [0.4, 0.5) is 0 Å². The Morgan fingerprint density at radius 1 is 0.630 bits per heavy atom. The third-order valence-electron chi connectivity index (χ3n) is 5.09.